The van der Waals surface area contributed by atoms with Crippen LogP contribution in [0, 0.1) is 23.4 Å². The van der Waals surface area contributed by atoms with Crippen LogP contribution in [0.15, 0.2) is 36.5 Å². The number of nitrogens with zero attached hydrogens (tertiary/aromatic N) is 2. The van der Waals surface area contributed by atoms with Crippen molar-refractivity contribution in [3.8, 4) is 5.88 Å². The standard InChI is InChI=1S/C28H33F3N4O3/c1-38-24-8-5-20(16-33-24)18-3-6-21(7-4-18)34-27(28(32)37)19-10-12-35(13-11-19)25(36)9-2-17-14-22(29)26(31)23(30)15-17/h2,5,8-9,14-16,18-19,21,27,34H,3-4,6-7,10-13H2,1H3,(H2,32,37). The van der Waals surface area contributed by atoms with E-state index in [0.29, 0.717) is 37.7 Å². The zero-order valence-electron chi connectivity index (χ0n) is 21.3. The molecule has 1 unspecified atom stereocenters. The molecule has 1 saturated heterocycles. The van der Waals surface area contributed by atoms with E-state index in [1.54, 1.807) is 12.0 Å². The zero-order valence-corrected chi connectivity index (χ0v) is 21.3. The minimum Gasteiger partial charge on any atom is -0.481 e. The number of ether oxygens (including phenoxy) is 1. The Labute approximate surface area is 220 Å². The molecule has 38 heavy (non-hydrogen) atoms. The molecule has 0 spiro atoms. The Balaban J connectivity index is 1.27. The average molecular weight is 531 g/mol. The van der Waals surface area contributed by atoms with Gasteiger partial charge >= 0.3 is 0 Å². The number of amides is 2. The molecular weight excluding hydrogens is 497 g/mol. The minimum atomic E-state index is -1.55. The highest BCUT2D eigenvalue weighted by Crippen LogP contribution is 2.34. The molecule has 0 bridgehead atoms. The van der Waals surface area contributed by atoms with E-state index in [1.807, 2.05) is 12.3 Å². The van der Waals surface area contributed by atoms with Gasteiger partial charge in [0.1, 0.15) is 0 Å². The smallest absolute Gasteiger partial charge is 0.246 e. The molecule has 0 radical (unpaired) electrons. The summed E-state index contributed by atoms with van der Waals surface area (Å²) in [5.41, 5.74) is 7.02. The Hall–Kier alpha value is -3.40. The molecule has 3 N–H and O–H groups in total. The van der Waals surface area contributed by atoms with Gasteiger partial charge in [0.15, 0.2) is 17.5 Å². The van der Waals surface area contributed by atoms with Crippen molar-refractivity contribution in [2.75, 3.05) is 20.2 Å². The highest BCUT2D eigenvalue weighted by Gasteiger charge is 2.34. The molecule has 2 fully saturated rings. The second-order valence-corrected chi connectivity index (χ2v) is 10.0. The Morgan fingerprint density at radius 1 is 1.08 bits per heavy atom. The van der Waals surface area contributed by atoms with Crippen LogP contribution >= 0.6 is 0 Å². The molecule has 2 aromatic rings. The van der Waals surface area contributed by atoms with Gasteiger partial charge in [0.2, 0.25) is 17.7 Å². The number of pyridine rings is 1. The van der Waals surface area contributed by atoms with E-state index in [9.17, 15) is 22.8 Å². The van der Waals surface area contributed by atoms with E-state index in [2.05, 4.69) is 16.4 Å². The Morgan fingerprint density at radius 2 is 1.74 bits per heavy atom. The SMILES string of the molecule is COc1ccc(C2CCC(NC(C(N)=O)C3CCN(C(=O)C=Cc4cc(F)c(F)c(F)c4)CC3)CC2)cn1. The topological polar surface area (TPSA) is 97.5 Å². The number of benzene rings is 1. The summed E-state index contributed by atoms with van der Waals surface area (Å²) in [5.74, 6) is -3.86. The van der Waals surface area contributed by atoms with Gasteiger partial charge in [0, 0.05) is 37.5 Å². The summed E-state index contributed by atoms with van der Waals surface area (Å²) in [6.45, 7) is 0.866. The van der Waals surface area contributed by atoms with Crippen LogP contribution in [0.4, 0.5) is 13.2 Å². The van der Waals surface area contributed by atoms with Crippen molar-refractivity contribution in [3.63, 3.8) is 0 Å². The summed E-state index contributed by atoms with van der Waals surface area (Å²) in [7, 11) is 1.59. The zero-order chi connectivity index (χ0) is 27.2. The summed E-state index contributed by atoms with van der Waals surface area (Å²) in [6.07, 6.45) is 9.36. The summed E-state index contributed by atoms with van der Waals surface area (Å²) >= 11 is 0. The highest BCUT2D eigenvalue weighted by atomic mass is 19.2. The third-order valence-electron chi connectivity index (χ3n) is 7.64. The second-order valence-electron chi connectivity index (χ2n) is 10.0. The van der Waals surface area contributed by atoms with Crippen molar-refractivity contribution in [1.29, 1.82) is 0 Å². The van der Waals surface area contributed by atoms with Crippen molar-refractivity contribution in [3.05, 3.63) is 65.1 Å². The molecule has 2 heterocycles. The van der Waals surface area contributed by atoms with Crippen molar-refractivity contribution < 1.29 is 27.5 Å². The quantitative estimate of drug-likeness (QED) is 0.398. The largest absolute Gasteiger partial charge is 0.481 e. The van der Waals surface area contributed by atoms with Crippen LogP contribution in [0.1, 0.15) is 55.6 Å². The molecule has 2 aliphatic rings. The molecule has 1 aliphatic carbocycles. The summed E-state index contributed by atoms with van der Waals surface area (Å²) in [5, 5.41) is 3.49. The second kappa shape index (κ2) is 12.4. The maximum atomic E-state index is 13.4. The maximum absolute atomic E-state index is 13.4. The number of methoxy groups -OCH3 is 1. The first-order valence-electron chi connectivity index (χ1n) is 12.9. The van der Waals surface area contributed by atoms with Gasteiger partial charge in [-0.3, -0.25) is 9.59 Å². The van der Waals surface area contributed by atoms with E-state index in [1.165, 1.54) is 17.7 Å². The van der Waals surface area contributed by atoms with E-state index < -0.39 is 29.4 Å². The number of aromatic nitrogens is 1. The molecule has 2 amide bonds. The first-order chi connectivity index (χ1) is 18.2. The van der Waals surface area contributed by atoms with Gasteiger partial charge in [-0.05, 0) is 79.7 Å². The van der Waals surface area contributed by atoms with E-state index >= 15 is 0 Å². The minimum absolute atomic E-state index is 0.00401. The Kier molecular flexibility index (Phi) is 9.04. The van der Waals surface area contributed by atoms with Gasteiger partial charge < -0.3 is 20.7 Å². The van der Waals surface area contributed by atoms with Crippen LogP contribution in [-0.4, -0.2) is 54.0 Å². The third kappa shape index (κ3) is 6.72. The van der Waals surface area contributed by atoms with Crippen LogP contribution < -0.4 is 15.8 Å². The lowest BCUT2D eigenvalue weighted by Gasteiger charge is -2.38. The van der Waals surface area contributed by atoms with Gasteiger partial charge in [-0.2, -0.15) is 0 Å². The predicted molar refractivity (Wildman–Crippen MR) is 137 cm³/mol. The fourth-order valence-corrected chi connectivity index (χ4v) is 5.45. The number of likely N-dealkylation sites (tertiary alicyclic amines) is 1. The highest BCUT2D eigenvalue weighted by molar-refractivity contribution is 5.91. The lowest BCUT2D eigenvalue weighted by molar-refractivity contribution is -0.128. The van der Waals surface area contributed by atoms with Crippen LogP contribution in [0.5, 0.6) is 5.88 Å². The van der Waals surface area contributed by atoms with E-state index in [-0.39, 0.29) is 23.4 Å². The number of carbonyl (C=O) groups excluding carboxylic acids is 2. The summed E-state index contributed by atoms with van der Waals surface area (Å²) < 4.78 is 45.1. The van der Waals surface area contributed by atoms with Crippen molar-refractivity contribution in [2.45, 2.75) is 56.5 Å². The normalized spacial score (nSPS) is 21.4. The van der Waals surface area contributed by atoms with Crippen molar-refractivity contribution in [1.82, 2.24) is 15.2 Å². The molecule has 4 rings (SSSR count). The number of hydrogen-bond donors (Lipinski definition) is 2. The molecule has 1 aliphatic heterocycles. The van der Waals surface area contributed by atoms with E-state index in [4.69, 9.17) is 10.5 Å². The van der Waals surface area contributed by atoms with Gasteiger partial charge in [-0.1, -0.05) is 6.07 Å². The summed E-state index contributed by atoms with van der Waals surface area (Å²) in [4.78, 5) is 30.8. The molecule has 204 valence electrons. The third-order valence-corrected chi connectivity index (χ3v) is 7.64. The number of nitrogens with one attached hydrogen (secondary N) is 1. The molecule has 10 heteroatoms. The number of carbonyl (C=O) groups is 2. The van der Waals surface area contributed by atoms with Gasteiger partial charge in [0.05, 0.1) is 13.2 Å². The fourth-order valence-electron chi connectivity index (χ4n) is 5.45. The molecule has 1 aromatic carbocycles. The fraction of sp³-hybridized carbons (Fsp3) is 0.464. The molecular formula is C28H33F3N4O3. The average Bonchev–Trinajstić information content (AvgIpc) is 2.93. The number of nitrogens with two attached hydrogens (primary N) is 1. The van der Waals surface area contributed by atoms with Gasteiger partial charge in [0.25, 0.3) is 0 Å². The predicted octanol–water partition coefficient (Wildman–Crippen LogP) is 3.93. The molecule has 1 atom stereocenters. The number of primary amides is 1. The Morgan fingerprint density at radius 3 is 2.29 bits per heavy atom. The molecule has 1 saturated carbocycles. The van der Waals surface area contributed by atoms with Gasteiger partial charge in [-0.25, -0.2) is 18.2 Å². The number of hydrogen-bond acceptors (Lipinski definition) is 5. The summed E-state index contributed by atoms with van der Waals surface area (Å²) in [6, 6.07) is 5.30. The van der Waals surface area contributed by atoms with Crippen LogP contribution in [-0.2, 0) is 9.59 Å². The monoisotopic (exact) mass is 530 g/mol. The number of piperidine rings is 1. The van der Waals surface area contributed by atoms with E-state index in [0.717, 1.165) is 37.8 Å². The van der Waals surface area contributed by atoms with Gasteiger partial charge in [-0.15, -0.1) is 0 Å². The first-order valence-corrected chi connectivity index (χ1v) is 12.9. The van der Waals surface area contributed by atoms with Crippen molar-refractivity contribution in [2.24, 2.45) is 11.7 Å². The van der Waals surface area contributed by atoms with Crippen LogP contribution in [0.2, 0.25) is 0 Å². The number of rotatable bonds is 8. The van der Waals surface area contributed by atoms with Crippen LogP contribution in [0.25, 0.3) is 6.08 Å². The maximum Gasteiger partial charge on any atom is 0.246 e. The van der Waals surface area contributed by atoms with Crippen LogP contribution in [0.3, 0.4) is 0 Å². The number of halogens is 3. The van der Waals surface area contributed by atoms with Crippen molar-refractivity contribution >= 4 is 17.9 Å². The molecule has 7 nitrogen and oxygen atoms in total. The first kappa shape index (κ1) is 27.6. The lowest BCUT2D eigenvalue weighted by atomic mass is 9.81. The molecule has 1 aromatic heterocycles. The lowest BCUT2D eigenvalue weighted by Crippen LogP contribution is -2.54. The Bertz CT molecular complexity index is 1140.